The van der Waals surface area contributed by atoms with E-state index in [1.807, 2.05) is 7.05 Å². The average molecular weight is 293 g/mol. The number of rotatable bonds is 4. The number of amides is 1. The summed E-state index contributed by atoms with van der Waals surface area (Å²) in [5.41, 5.74) is 7.67. The van der Waals surface area contributed by atoms with Gasteiger partial charge in [-0.25, -0.2) is 0 Å². The Morgan fingerprint density at radius 1 is 1.33 bits per heavy atom. The maximum atomic E-state index is 12.2. The molecule has 1 amide bonds. The van der Waals surface area contributed by atoms with E-state index in [1.165, 1.54) is 0 Å². The number of hydrogen-bond acceptors (Lipinski definition) is 6. The minimum Gasteiger partial charge on any atom is -0.453 e. The molecule has 3 N–H and O–H groups in total. The number of carbonyl (C=O) groups excluding carboxylic acids is 1. The van der Waals surface area contributed by atoms with Gasteiger partial charge in [-0.3, -0.25) is 4.79 Å². The van der Waals surface area contributed by atoms with Gasteiger partial charge in [-0.15, -0.1) is 0 Å². The molecule has 0 aromatic carbocycles. The quantitative estimate of drug-likeness (QED) is 0.827. The van der Waals surface area contributed by atoms with E-state index in [-0.39, 0.29) is 24.6 Å². The molecule has 7 nitrogen and oxygen atoms in total. The van der Waals surface area contributed by atoms with E-state index in [0.29, 0.717) is 17.1 Å². The van der Waals surface area contributed by atoms with Crippen LogP contribution in [0.3, 0.4) is 0 Å². The van der Waals surface area contributed by atoms with E-state index in [0.717, 1.165) is 25.9 Å². The van der Waals surface area contributed by atoms with Crippen molar-refractivity contribution < 1.29 is 9.53 Å². The maximum absolute atomic E-state index is 12.2. The number of hydrogen-bond donors (Lipinski definition) is 2. The van der Waals surface area contributed by atoms with Crippen molar-refractivity contribution >= 4 is 11.6 Å². The first-order valence-electron chi connectivity index (χ1n) is 7.19. The lowest BCUT2D eigenvalue weighted by molar-refractivity contribution is -0.134. The summed E-state index contributed by atoms with van der Waals surface area (Å²) in [5, 5.41) is 3.28. The van der Waals surface area contributed by atoms with Crippen molar-refractivity contribution in [2.75, 3.05) is 32.5 Å². The lowest BCUT2D eigenvalue weighted by Crippen LogP contribution is -2.45. The number of anilines is 1. The van der Waals surface area contributed by atoms with Crippen LogP contribution in [0.4, 0.5) is 5.69 Å². The molecule has 1 fully saturated rings. The molecule has 116 valence electrons. The molecule has 0 unspecified atom stereocenters. The van der Waals surface area contributed by atoms with E-state index >= 15 is 0 Å². The smallest absolute Gasteiger partial charge is 0.317 e. The number of nitrogen functional groups attached to an aromatic ring is 1. The van der Waals surface area contributed by atoms with Crippen LogP contribution in [0.15, 0.2) is 0 Å². The number of aromatic nitrogens is 2. The topological polar surface area (TPSA) is 93.4 Å². The Morgan fingerprint density at radius 3 is 2.48 bits per heavy atom. The fraction of sp³-hybridized carbons (Fsp3) is 0.643. The Balaban J connectivity index is 1.91. The predicted molar refractivity (Wildman–Crippen MR) is 80.1 cm³/mol. The van der Waals surface area contributed by atoms with Crippen LogP contribution in [0.1, 0.15) is 24.2 Å². The van der Waals surface area contributed by atoms with E-state index in [4.69, 9.17) is 10.5 Å². The molecule has 21 heavy (non-hydrogen) atoms. The van der Waals surface area contributed by atoms with Gasteiger partial charge < -0.3 is 20.7 Å². The summed E-state index contributed by atoms with van der Waals surface area (Å²) in [6, 6.07) is 0.476. The fourth-order valence-electron chi connectivity index (χ4n) is 2.38. The Hall–Kier alpha value is -1.89. The zero-order valence-corrected chi connectivity index (χ0v) is 12.8. The second-order valence-corrected chi connectivity index (χ2v) is 5.37. The zero-order chi connectivity index (χ0) is 15.4. The third-order valence-electron chi connectivity index (χ3n) is 3.88. The molecule has 2 heterocycles. The first kappa shape index (κ1) is 15.5. The van der Waals surface area contributed by atoms with Gasteiger partial charge in [0.25, 0.3) is 5.91 Å². The maximum Gasteiger partial charge on any atom is 0.317 e. The highest BCUT2D eigenvalue weighted by atomic mass is 16.5. The number of nitrogens with zero attached hydrogens (tertiary/aromatic N) is 3. The van der Waals surface area contributed by atoms with Crippen LogP contribution in [0.5, 0.6) is 6.01 Å². The number of ether oxygens (including phenoxy) is 1. The molecule has 0 saturated carbocycles. The number of nitrogens with one attached hydrogen (secondary N) is 1. The van der Waals surface area contributed by atoms with Crippen molar-refractivity contribution in [2.24, 2.45) is 0 Å². The van der Waals surface area contributed by atoms with Crippen molar-refractivity contribution in [3.05, 3.63) is 11.4 Å². The molecule has 1 aromatic heterocycles. The van der Waals surface area contributed by atoms with Gasteiger partial charge in [-0.2, -0.15) is 9.97 Å². The molecule has 1 aliphatic heterocycles. The van der Waals surface area contributed by atoms with Crippen LogP contribution in [0.25, 0.3) is 0 Å². The number of likely N-dealkylation sites (N-methyl/N-ethyl adjacent to an activating group) is 1. The average Bonchev–Trinajstić information content (AvgIpc) is 2.50. The molecule has 0 atom stereocenters. The van der Waals surface area contributed by atoms with E-state index in [2.05, 4.69) is 15.3 Å². The summed E-state index contributed by atoms with van der Waals surface area (Å²) in [7, 11) is 1.82. The van der Waals surface area contributed by atoms with Gasteiger partial charge in [0, 0.05) is 13.1 Å². The summed E-state index contributed by atoms with van der Waals surface area (Å²) < 4.78 is 5.41. The fourth-order valence-corrected chi connectivity index (χ4v) is 2.38. The normalized spacial score (nSPS) is 15.8. The van der Waals surface area contributed by atoms with Crippen LogP contribution < -0.4 is 15.8 Å². The summed E-state index contributed by atoms with van der Waals surface area (Å²) >= 11 is 0. The van der Waals surface area contributed by atoms with Crippen molar-refractivity contribution in [1.29, 1.82) is 0 Å². The van der Waals surface area contributed by atoms with Gasteiger partial charge in [0.1, 0.15) is 0 Å². The molecule has 0 radical (unpaired) electrons. The second-order valence-electron chi connectivity index (χ2n) is 5.37. The highest BCUT2D eigenvalue weighted by Gasteiger charge is 2.22. The predicted octanol–water partition coefficient (Wildman–Crippen LogP) is 0.265. The molecule has 0 bridgehead atoms. The lowest BCUT2D eigenvalue weighted by atomic mass is 10.1. The van der Waals surface area contributed by atoms with Crippen LogP contribution in [-0.2, 0) is 4.79 Å². The highest BCUT2D eigenvalue weighted by molar-refractivity contribution is 5.77. The first-order chi connectivity index (χ1) is 9.99. The Kier molecular flexibility index (Phi) is 4.95. The SMILES string of the molecule is Cc1nc(OCC(=O)N(C)C2CCNCC2)nc(C)c1N. The van der Waals surface area contributed by atoms with Gasteiger partial charge >= 0.3 is 6.01 Å². The summed E-state index contributed by atoms with van der Waals surface area (Å²) in [6.45, 7) is 5.42. The highest BCUT2D eigenvalue weighted by Crippen LogP contribution is 2.16. The molecular weight excluding hydrogens is 270 g/mol. The molecule has 0 spiro atoms. The monoisotopic (exact) mass is 293 g/mol. The van der Waals surface area contributed by atoms with Crippen molar-refractivity contribution in [3.8, 4) is 6.01 Å². The van der Waals surface area contributed by atoms with Crippen LogP contribution in [0, 0.1) is 13.8 Å². The zero-order valence-electron chi connectivity index (χ0n) is 12.8. The van der Waals surface area contributed by atoms with E-state index < -0.39 is 0 Å². The van der Waals surface area contributed by atoms with E-state index in [9.17, 15) is 4.79 Å². The molecule has 1 aliphatic rings. The largest absolute Gasteiger partial charge is 0.453 e. The molecule has 7 heteroatoms. The van der Waals surface area contributed by atoms with Gasteiger partial charge in [0.15, 0.2) is 6.61 Å². The van der Waals surface area contributed by atoms with Crippen LogP contribution in [-0.4, -0.2) is 53.6 Å². The summed E-state index contributed by atoms with van der Waals surface area (Å²) in [6.07, 6.45) is 1.94. The van der Waals surface area contributed by atoms with Crippen LogP contribution >= 0.6 is 0 Å². The third kappa shape index (κ3) is 3.81. The minimum absolute atomic E-state index is 0.0524. The number of nitrogens with two attached hydrogens (primary N) is 1. The van der Waals surface area contributed by atoms with Gasteiger partial charge in [-0.1, -0.05) is 0 Å². The second kappa shape index (κ2) is 6.71. The number of piperidine rings is 1. The van der Waals surface area contributed by atoms with Gasteiger partial charge in [0.2, 0.25) is 0 Å². The molecule has 1 aromatic rings. The lowest BCUT2D eigenvalue weighted by Gasteiger charge is -2.31. The Labute approximate surface area is 124 Å². The summed E-state index contributed by atoms with van der Waals surface area (Å²) in [5.74, 6) is -0.0577. The first-order valence-corrected chi connectivity index (χ1v) is 7.19. The molecule has 2 rings (SSSR count). The minimum atomic E-state index is -0.0577. The Morgan fingerprint density at radius 2 is 1.90 bits per heavy atom. The van der Waals surface area contributed by atoms with Crippen molar-refractivity contribution in [1.82, 2.24) is 20.2 Å². The van der Waals surface area contributed by atoms with E-state index in [1.54, 1.807) is 18.7 Å². The van der Waals surface area contributed by atoms with Crippen molar-refractivity contribution in [3.63, 3.8) is 0 Å². The Bertz CT molecular complexity index is 491. The number of carbonyl (C=O) groups is 1. The molecule has 1 saturated heterocycles. The standard InChI is InChI=1S/C14H23N5O2/c1-9-13(15)10(2)18-14(17-9)21-8-12(20)19(3)11-4-6-16-7-5-11/h11,16H,4-8,15H2,1-3H3. The van der Waals surface area contributed by atoms with Crippen LogP contribution in [0.2, 0.25) is 0 Å². The van der Waals surface area contributed by atoms with Crippen molar-refractivity contribution in [2.45, 2.75) is 32.7 Å². The van der Waals surface area contributed by atoms with Gasteiger partial charge in [-0.05, 0) is 39.8 Å². The van der Waals surface area contributed by atoms with Gasteiger partial charge in [0.05, 0.1) is 17.1 Å². The third-order valence-corrected chi connectivity index (χ3v) is 3.88. The summed E-state index contributed by atoms with van der Waals surface area (Å²) in [4.78, 5) is 22.2. The molecule has 0 aliphatic carbocycles. The number of aryl methyl sites for hydroxylation is 2. The molecular formula is C14H23N5O2.